The van der Waals surface area contributed by atoms with Gasteiger partial charge in [-0.05, 0) is 46.7 Å². The van der Waals surface area contributed by atoms with Crippen LogP contribution in [0, 0.1) is 0 Å². The first-order valence-electron chi connectivity index (χ1n) is 9.10. The summed E-state index contributed by atoms with van der Waals surface area (Å²) < 4.78 is 17.5. The van der Waals surface area contributed by atoms with Crippen LogP contribution in [-0.4, -0.2) is 0 Å². The van der Waals surface area contributed by atoms with Gasteiger partial charge in [-0.2, -0.15) is 0 Å². The zero-order chi connectivity index (χ0) is 19.8. The van der Waals surface area contributed by atoms with Crippen LogP contribution in [0.1, 0.15) is 5.56 Å². The van der Waals surface area contributed by atoms with Crippen LogP contribution in [0.2, 0.25) is 5.02 Å². The van der Waals surface area contributed by atoms with Crippen molar-refractivity contribution in [1.82, 2.24) is 0 Å². The maximum Gasteiger partial charge on any atom is 0.235 e. The van der Waals surface area contributed by atoms with Gasteiger partial charge in [-0.15, -0.1) is 0 Å². The van der Waals surface area contributed by atoms with Crippen molar-refractivity contribution in [2.45, 2.75) is 6.61 Å². The van der Waals surface area contributed by atoms with Crippen LogP contribution in [-0.2, 0) is 6.61 Å². The van der Waals surface area contributed by atoms with E-state index in [2.05, 4.69) is 0 Å². The molecule has 0 N–H and O–H groups in total. The maximum atomic E-state index is 13.2. The van der Waals surface area contributed by atoms with Crippen molar-refractivity contribution in [1.29, 1.82) is 0 Å². The van der Waals surface area contributed by atoms with E-state index in [9.17, 15) is 4.79 Å². The molecule has 0 spiro atoms. The standard InChI is InChI=1S/C24H15ClO4/c25-17-10-11-20-19(13-17)22(26)24(23(29-20)21-9-4-12-27-21)28-14-16-7-3-6-15-5-1-2-8-18(15)16/h1-13H,14H2. The van der Waals surface area contributed by atoms with E-state index in [0.717, 1.165) is 16.3 Å². The number of furan rings is 1. The average molecular weight is 403 g/mol. The van der Waals surface area contributed by atoms with Crippen molar-refractivity contribution in [3.05, 3.63) is 99.9 Å². The third-order valence-electron chi connectivity index (χ3n) is 4.81. The molecular formula is C24H15ClO4. The summed E-state index contributed by atoms with van der Waals surface area (Å²) in [5, 5.41) is 3.00. The Morgan fingerprint density at radius 3 is 2.62 bits per heavy atom. The summed E-state index contributed by atoms with van der Waals surface area (Å²) in [6.07, 6.45) is 1.52. The van der Waals surface area contributed by atoms with Crippen LogP contribution >= 0.6 is 11.6 Å². The third kappa shape index (κ3) is 3.18. The number of benzene rings is 3. The zero-order valence-electron chi connectivity index (χ0n) is 15.2. The van der Waals surface area contributed by atoms with Crippen LogP contribution < -0.4 is 10.2 Å². The minimum Gasteiger partial charge on any atom is -0.481 e. The molecule has 0 saturated heterocycles. The highest BCUT2D eigenvalue weighted by atomic mass is 35.5. The summed E-state index contributed by atoms with van der Waals surface area (Å²) in [6.45, 7) is 0.214. The molecule has 3 aromatic carbocycles. The fourth-order valence-corrected chi connectivity index (χ4v) is 3.59. The van der Waals surface area contributed by atoms with Gasteiger partial charge in [-0.1, -0.05) is 54.1 Å². The van der Waals surface area contributed by atoms with Gasteiger partial charge in [0.25, 0.3) is 0 Å². The number of fused-ring (bicyclic) bond motifs is 2. The lowest BCUT2D eigenvalue weighted by molar-refractivity contribution is 0.297. The molecule has 29 heavy (non-hydrogen) atoms. The van der Waals surface area contributed by atoms with Crippen molar-refractivity contribution >= 4 is 33.3 Å². The Hall–Kier alpha value is -3.50. The van der Waals surface area contributed by atoms with E-state index >= 15 is 0 Å². The Labute approximate surface area is 170 Å². The zero-order valence-corrected chi connectivity index (χ0v) is 16.0. The molecule has 0 saturated carbocycles. The molecule has 5 rings (SSSR count). The fraction of sp³-hybridized carbons (Fsp3) is 0.0417. The van der Waals surface area contributed by atoms with Gasteiger partial charge in [-0.3, -0.25) is 4.79 Å². The van der Waals surface area contributed by atoms with Gasteiger partial charge in [-0.25, -0.2) is 0 Å². The van der Waals surface area contributed by atoms with Crippen LogP contribution in [0.15, 0.2) is 92.7 Å². The molecule has 0 aliphatic heterocycles. The number of ether oxygens (including phenoxy) is 1. The summed E-state index contributed by atoms with van der Waals surface area (Å²) in [4.78, 5) is 13.2. The summed E-state index contributed by atoms with van der Waals surface area (Å²) in [5.41, 5.74) is 1.10. The van der Waals surface area contributed by atoms with E-state index in [4.69, 9.17) is 25.2 Å². The summed E-state index contributed by atoms with van der Waals surface area (Å²) in [5.74, 6) is 0.782. The quantitative estimate of drug-likeness (QED) is 0.347. The first-order chi connectivity index (χ1) is 14.2. The lowest BCUT2D eigenvalue weighted by Gasteiger charge is -2.12. The second-order valence-electron chi connectivity index (χ2n) is 6.63. The Bertz CT molecular complexity index is 1380. The van der Waals surface area contributed by atoms with Crippen molar-refractivity contribution in [3.8, 4) is 17.3 Å². The van der Waals surface area contributed by atoms with Gasteiger partial charge in [0, 0.05) is 5.02 Å². The van der Waals surface area contributed by atoms with Crippen LogP contribution in [0.5, 0.6) is 5.75 Å². The smallest absolute Gasteiger partial charge is 0.235 e. The minimum atomic E-state index is -0.291. The molecule has 0 amide bonds. The van der Waals surface area contributed by atoms with E-state index in [-0.39, 0.29) is 23.5 Å². The number of halogens is 1. The number of hydrogen-bond donors (Lipinski definition) is 0. The predicted molar refractivity (Wildman–Crippen MR) is 113 cm³/mol. The molecule has 2 aromatic heterocycles. The Morgan fingerprint density at radius 1 is 0.897 bits per heavy atom. The second-order valence-corrected chi connectivity index (χ2v) is 7.07. The van der Waals surface area contributed by atoms with Gasteiger partial charge < -0.3 is 13.6 Å². The first-order valence-corrected chi connectivity index (χ1v) is 9.48. The van der Waals surface area contributed by atoms with Crippen molar-refractivity contribution in [3.63, 3.8) is 0 Å². The molecule has 142 valence electrons. The molecule has 0 bridgehead atoms. The topological polar surface area (TPSA) is 52.6 Å². The highest BCUT2D eigenvalue weighted by Crippen LogP contribution is 2.32. The molecule has 4 nitrogen and oxygen atoms in total. The summed E-state index contributed by atoms with van der Waals surface area (Å²) >= 11 is 6.08. The van der Waals surface area contributed by atoms with Gasteiger partial charge in [0.15, 0.2) is 5.76 Å². The third-order valence-corrected chi connectivity index (χ3v) is 5.04. The minimum absolute atomic E-state index is 0.0997. The molecule has 0 atom stereocenters. The fourth-order valence-electron chi connectivity index (χ4n) is 3.42. The first kappa shape index (κ1) is 17.6. The number of hydrogen-bond acceptors (Lipinski definition) is 4. The van der Waals surface area contributed by atoms with Crippen molar-refractivity contribution in [2.24, 2.45) is 0 Å². The van der Waals surface area contributed by atoms with Crippen LogP contribution in [0.4, 0.5) is 0 Å². The molecule has 2 heterocycles. The van der Waals surface area contributed by atoms with E-state index in [0.29, 0.717) is 21.8 Å². The second kappa shape index (κ2) is 7.15. The van der Waals surface area contributed by atoms with E-state index in [1.54, 1.807) is 30.3 Å². The monoisotopic (exact) mass is 402 g/mol. The molecular weight excluding hydrogens is 388 g/mol. The Kier molecular flexibility index (Phi) is 4.34. The van der Waals surface area contributed by atoms with Crippen LogP contribution in [0.3, 0.4) is 0 Å². The normalized spacial score (nSPS) is 11.2. The molecule has 0 unspecified atom stereocenters. The molecule has 5 aromatic rings. The van der Waals surface area contributed by atoms with Gasteiger partial charge in [0.1, 0.15) is 12.2 Å². The summed E-state index contributed by atoms with van der Waals surface area (Å²) in [7, 11) is 0. The predicted octanol–water partition coefficient (Wildman–Crippen LogP) is 6.44. The molecule has 0 fully saturated rings. The van der Waals surface area contributed by atoms with Crippen molar-refractivity contribution in [2.75, 3.05) is 0 Å². The lowest BCUT2D eigenvalue weighted by atomic mass is 10.1. The van der Waals surface area contributed by atoms with Crippen molar-refractivity contribution < 1.29 is 13.6 Å². The highest BCUT2D eigenvalue weighted by molar-refractivity contribution is 6.31. The Morgan fingerprint density at radius 2 is 1.76 bits per heavy atom. The van der Waals surface area contributed by atoms with E-state index in [1.165, 1.54) is 6.26 Å². The highest BCUT2D eigenvalue weighted by Gasteiger charge is 2.20. The maximum absolute atomic E-state index is 13.2. The van der Waals surface area contributed by atoms with Gasteiger partial charge in [0.05, 0.1) is 11.6 Å². The van der Waals surface area contributed by atoms with Gasteiger partial charge in [0.2, 0.25) is 16.9 Å². The summed E-state index contributed by atoms with van der Waals surface area (Å²) in [6, 6.07) is 22.4. The molecule has 0 aliphatic rings. The molecule has 0 radical (unpaired) electrons. The average Bonchev–Trinajstić information content (AvgIpc) is 3.28. The lowest BCUT2D eigenvalue weighted by Crippen LogP contribution is -2.10. The number of rotatable bonds is 4. The molecule has 5 heteroatoms. The van der Waals surface area contributed by atoms with E-state index in [1.807, 2.05) is 42.5 Å². The molecule has 0 aliphatic carbocycles. The SMILES string of the molecule is O=c1c(OCc2cccc3ccccc23)c(-c2ccco2)oc2ccc(Cl)cc12. The Balaban J connectivity index is 1.64. The largest absolute Gasteiger partial charge is 0.481 e. The van der Waals surface area contributed by atoms with E-state index < -0.39 is 0 Å². The van der Waals surface area contributed by atoms with Crippen LogP contribution in [0.25, 0.3) is 33.3 Å². The van der Waals surface area contributed by atoms with Gasteiger partial charge >= 0.3 is 0 Å².